The number of hydrogen-bond acceptors (Lipinski definition) is 7. The zero-order valence-electron chi connectivity index (χ0n) is 10.0. The number of nitrogens with one attached hydrogen (secondary N) is 1. The lowest BCUT2D eigenvalue weighted by atomic mass is 9.98. The van der Waals surface area contributed by atoms with Crippen LogP contribution in [0.3, 0.4) is 0 Å². The molecule has 1 aliphatic carbocycles. The largest absolute Gasteiger partial charge is 0.365 e. The van der Waals surface area contributed by atoms with Crippen LogP contribution in [0.5, 0.6) is 0 Å². The first-order valence-corrected chi connectivity index (χ1v) is 7.88. The lowest BCUT2D eigenvalue weighted by Crippen LogP contribution is -2.27. The Labute approximate surface area is 117 Å². The summed E-state index contributed by atoms with van der Waals surface area (Å²) in [5.74, 6) is 0.851. The number of thiazole rings is 2. The van der Waals surface area contributed by atoms with Crippen molar-refractivity contribution >= 4 is 38.8 Å². The molecule has 1 atom stereocenters. The van der Waals surface area contributed by atoms with E-state index in [0.717, 1.165) is 35.4 Å². The molecule has 4 rings (SSSR count). The summed E-state index contributed by atoms with van der Waals surface area (Å²) in [6, 6.07) is 0.410. The molecular formula is C12H11N5S2. The first-order chi connectivity index (χ1) is 9.40. The molecule has 0 radical (unpaired) electrons. The van der Waals surface area contributed by atoms with E-state index in [-0.39, 0.29) is 0 Å². The second-order valence-electron chi connectivity index (χ2n) is 4.53. The van der Waals surface area contributed by atoms with Crippen LogP contribution < -0.4 is 5.32 Å². The van der Waals surface area contributed by atoms with Gasteiger partial charge in [-0.05, 0) is 12.8 Å². The number of aromatic nitrogens is 4. The Morgan fingerprint density at radius 3 is 3.05 bits per heavy atom. The van der Waals surface area contributed by atoms with Gasteiger partial charge in [0.15, 0.2) is 5.82 Å². The molecule has 0 aromatic carbocycles. The van der Waals surface area contributed by atoms with Crippen molar-refractivity contribution in [1.29, 1.82) is 0 Å². The van der Waals surface area contributed by atoms with E-state index in [1.165, 1.54) is 10.6 Å². The van der Waals surface area contributed by atoms with Gasteiger partial charge in [-0.3, -0.25) is 0 Å². The van der Waals surface area contributed by atoms with Gasteiger partial charge in [0, 0.05) is 17.3 Å². The van der Waals surface area contributed by atoms with Crippen LogP contribution in [-0.4, -0.2) is 26.0 Å². The topological polar surface area (TPSA) is 63.6 Å². The van der Waals surface area contributed by atoms with Gasteiger partial charge >= 0.3 is 0 Å². The van der Waals surface area contributed by atoms with Crippen LogP contribution in [0, 0.1) is 0 Å². The Balaban J connectivity index is 1.61. The van der Waals surface area contributed by atoms with Crippen molar-refractivity contribution in [2.75, 3.05) is 5.32 Å². The third-order valence-corrected chi connectivity index (χ3v) is 4.99. The van der Waals surface area contributed by atoms with Crippen molar-refractivity contribution in [1.82, 2.24) is 19.9 Å². The van der Waals surface area contributed by atoms with E-state index < -0.39 is 0 Å². The summed E-state index contributed by atoms with van der Waals surface area (Å²) >= 11 is 3.29. The maximum Gasteiger partial charge on any atom is 0.157 e. The zero-order valence-corrected chi connectivity index (χ0v) is 11.7. The van der Waals surface area contributed by atoms with E-state index in [0.29, 0.717) is 6.04 Å². The standard InChI is InChI=1S/C12H11N5S2/c1-2-8-9(18-5-15-8)3-7(1)17-11-10-12(14-4-13-11)19-6-16-10/h4-7H,1-3H2,(H,13,14,17)/t7-/m0/s1. The van der Waals surface area contributed by atoms with Crippen LogP contribution in [0.25, 0.3) is 10.3 Å². The van der Waals surface area contributed by atoms with Gasteiger partial charge in [0.1, 0.15) is 16.7 Å². The van der Waals surface area contributed by atoms with Gasteiger partial charge in [-0.15, -0.1) is 22.7 Å². The van der Waals surface area contributed by atoms with Crippen molar-refractivity contribution in [3.63, 3.8) is 0 Å². The predicted molar refractivity (Wildman–Crippen MR) is 76.8 cm³/mol. The molecular weight excluding hydrogens is 278 g/mol. The summed E-state index contributed by atoms with van der Waals surface area (Å²) in [7, 11) is 0. The van der Waals surface area contributed by atoms with E-state index in [2.05, 4.69) is 25.3 Å². The summed E-state index contributed by atoms with van der Waals surface area (Å²) < 4.78 is 0. The molecule has 0 saturated heterocycles. The minimum Gasteiger partial charge on any atom is -0.365 e. The summed E-state index contributed by atoms with van der Waals surface area (Å²) in [4.78, 5) is 19.6. The van der Waals surface area contributed by atoms with Crippen molar-refractivity contribution in [2.45, 2.75) is 25.3 Å². The second kappa shape index (κ2) is 4.50. The Hall–Kier alpha value is -1.60. The molecule has 96 valence electrons. The van der Waals surface area contributed by atoms with E-state index in [1.54, 1.807) is 29.0 Å². The molecule has 0 saturated carbocycles. The molecule has 1 N–H and O–H groups in total. The number of nitrogens with zero attached hydrogens (tertiary/aromatic N) is 4. The fraction of sp³-hybridized carbons (Fsp3) is 0.333. The summed E-state index contributed by atoms with van der Waals surface area (Å²) in [5.41, 5.74) is 5.90. The molecule has 7 heteroatoms. The number of rotatable bonds is 2. The van der Waals surface area contributed by atoms with Crippen LogP contribution in [0.1, 0.15) is 17.0 Å². The van der Waals surface area contributed by atoms with Gasteiger partial charge in [0.2, 0.25) is 0 Å². The average Bonchev–Trinajstić information content (AvgIpc) is 3.06. The van der Waals surface area contributed by atoms with Crippen LogP contribution >= 0.6 is 22.7 Å². The minimum absolute atomic E-state index is 0.410. The Morgan fingerprint density at radius 1 is 1.11 bits per heavy atom. The van der Waals surface area contributed by atoms with E-state index in [9.17, 15) is 0 Å². The highest BCUT2D eigenvalue weighted by molar-refractivity contribution is 7.16. The predicted octanol–water partition coefficient (Wildman–Crippen LogP) is 2.51. The molecule has 5 nitrogen and oxygen atoms in total. The summed E-state index contributed by atoms with van der Waals surface area (Å²) in [5, 5.41) is 3.51. The number of hydrogen-bond donors (Lipinski definition) is 1. The van der Waals surface area contributed by atoms with Crippen molar-refractivity contribution in [3.05, 3.63) is 27.9 Å². The average molecular weight is 289 g/mol. The second-order valence-corrected chi connectivity index (χ2v) is 6.31. The molecule has 3 heterocycles. The highest BCUT2D eigenvalue weighted by atomic mass is 32.1. The van der Waals surface area contributed by atoms with Crippen LogP contribution in [0.15, 0.2) is 17.3 Å². The van der Waals surface area contributed by atoms with Gasteiger partial charge in [0.25, 0.3) is 0 Å². The molecule has 19 heavy (non-hydrogen) atoms. The molecule has 0 bridgehead atoms. The fourth-order valence-electron chi connectivity index (χ4n) is 2.42. The maximum atomic E-state index is 4.39. The maximum absolute atomic E-state index is 4.39. The third kappa shape index (κ3) is 1.98. The SMILES string of the molecule is c1nc(N[C@H]2CCc3ncsc3C2)c2ncsc2n1. The highest BCUT2D eigenvalue weighted by Crippen LogP contribution is 2.27. The van der Waals surface area contributed by atoms with Crippen LogP contribution in [0.4, 0.5) is 5.82 Å². The van der Waals surface area contributed by atoms with Gasteiger partial charge in [-0.2, -0.15) is 0 Å². The van der Waals surface area contributed by atoms with E-state index in [1.807, 2.05) is 11.0 Å². The van der Waals surface area contributed by atoms with Gasteiger partial charge in [-0.1, -0.05) is 0 Å². The zero-order chi connectivity index (χ0) is 12.7. The number of aryl methyl sites for hydroxylation is 1. The normalized spacial score (nSPS) is 18.4. The smallest absolute Gasteiger partial charge is 0.157 e. The summed E-state index contributed by atoms with van der Waals surface area (Å²) in [6.45, 7) is 0. The minimum atomic E-state index is 0.410. The Bertz CT molecular complexity index is 720. The van der Waals surface area contributed by atoms with Gasteiger partial charge < -0.3 is 5.32 Å². The van der Waals surface area contributed by atoms with E-state index in [4.69, 9.17) is 0 Å². The number of fused-ring (bicyclic) bond motifs is 2. The molecule has 0 unspecified atom stereocenters. The lowest BCUT2D eigenvalue weighted by Gasteiger charge is -2.22. The molecule has 0 fully saturated rings. The molecule has 0 spiro atoms. The molecule has 1 aliphatic rings. The van der Waals surface area contributed by atoms with Gasteiger partial charge in [0.05, 0.1) is 16.7 Å². The molecule has 3 aromatic rings. The molecule has 3 aromatic heterocycles. The highest BCUT2D eigenvalue weighted by Gasteiger charge is 2.21. The van der Waals surface area contributed by atoms with E-state index >= 15 is 0 Å². The van der Waals surface area contributed by atoms with Crippen molar-refractivity contribution in [2.24, 2.45) is 0 Å². The fourth-order valence-corrected chi connectivity index (χ4v) is 3.94. The lowest BCUT2D eigenvalue weighted by molar-refractivity contribution is 0.608. The van der Waals surface area contributed by atoms with Crippen LogP contribution in [-0.2, 0) is 12.8 Å². The first kappa shape index (κ1) is 11.2. The Kier molecular flexibility index (Phi) is 2.66. The third-order valence-electron chi connectivity index (χ3n) is 3.36. The summed E-state index contributed by atoms with van der Waals surface area (Å²) in [6.07, 6.45) is 4.76. The van der Waals surface area contributed by atoms with Gasteiger partial charge in [-0.25, -0.2) is 19.9 Å². The quantitative estimate of drug-likeness (QED) is 0.785. The molecule has 0 aliphatic heterocycles. The Morgan fingerprint density at radius 2 is 2.05 bits per heavy atom. The van der Waals surface area contributed by atoms with Crippen molar-refractivity contribution < 1.29 is 0 Å². The molecule has 0 amide bonds. The monoisotopic (exact) mass is 289 g/mol. The first-order valence-electron chi connectivity index (χ1n) is 6.12. The van der Waals surface area contributed by atoms with Crippen molar-refractivity contribution in [3.8, 4) is 0 Å². The van der Waals surface area contributed by atoms with Crippen LogP contribution in [0.2, 0.25) is 0 Å². The number of anilines is 1.